The first-order chi connectivity index (χ1) is 5.59. The Labute approximate surface area is 76.1 Å². The van der Waals surface area contributed by atoms with Gasteiger partial charge in [-0.3, -0.25) is 0 Å². The normalized spacial score (nSPS) is 38.0. The molecule has 0 radical (unpaired) electrons. The summed E-state index contributed by atoms with van der Waals surface area (Å²) in [5, 5.41) is 0. The molecule has 68 valence electrons. The third kappa shape index (κ3) is 0.901. The molecule has 2 rings (SSSR count). The Bertz CT molecular complexity index is 232. The highest BCUT2D eigenvalue weighted by Crippen LogP contribution is 2.65. The van der Waals surface area contributed by atoms with Gasteiger partial charge >= 0.3 is 0 Å². The lowest BCUT2D eigenvalue weighted by Crippen LogP contribution is -2.03. The van der Waals surface area contributed by atoms with E-state index < -0.39 is 0 Å². The van der Waals surface area contributed by atoms with Crippen molar-refractivity contribution in [1.29, 1.82) is 0 Å². The highest BCUT2D eigenvalue weighted by molar-refractivity contribution is 5.43. The van der Waals surface area contributed by atoms with Crippen LogP contribution in [0.3, 0.4) is 0 Å². The molecule has 0 saturated heterocycles. The Morgan fingerprint density at radius 2 is 2.00 bits per heavy atom. The third-order valence-electron chi connectivity index (χ3n) is 4.04. The van der Waals surface area contributed by atoms with Crippen LogP contribution in [0.4, 0.5) is 0 Å². The Hall–Kier alpha value is -0.260. The van der Waals surface area contributed by atoms with Crippen LogP contribution in [0.5, 0.6) is 0 Å². The van der Waals surface area contributed by atoms with Crippen LogP contribution in [0.1, 0.15) is 47.0 Å². The lowest BCUT2D eigenvalue weighted by atomic mass is 9.88. The molecule has 2 atom stereocenters. The van der Waals surface area contributed by atoms with Crippen LogP contribution in [0, 0.1) is 17.3 Å². The quantitative estimate of drug-likeness (QED) is 0.517. The number of allylic oxidation sites excluding steroid dienone is 2. The van der Waals surface area contributed by atoms with Crippen LogP contribution in [0.25, 0.3) is 0 Å². The molecule has 0 aliphatic heterocycles. The molecule has 0 aromatic heterocycles. The second kappa shape index (κ2) is 2.37. The standard InChI is InChI=1S/C12H20/c1-5-9-8(2)6-7-10-11(9)12(10,3)4/h8,10H,5-7H2,1-4H3. The van der Waals surface area contributed by atoms with Crippen molar-refractivity contribution in [2.75, 3.05) is 0 Å². The summed E-state index contributed by atoms with van der Waals surface area (Å²) in [5.74, 6) is 1.84. The molecule has 0 amide bonds. The summed E-state index contributed by atoms with van der Waals surface area (Å²) in [4.78, 5) is 0. The van der Waals surface area contributed by atoms with Gasteiger partial charge in [-0.25, -0.2) is 0 Å². The van der Waals surface area contributed by atoms with E-state index in [1.165, 1.54) is 19.3 Å². The first kappa shape index (κ1) is 8.34. The molecule has 0 aromatic rings. The Morgan fingerprint density at radius 3 is 2.50 bits per heavy atom. The van der Waals surface area contributed by atoms with Crippen LogP contribution in [0.15, 0.2) is 11.1 Å². The van der Waals surface area contributed by atoms with Crippen molar-refractivity contribution in [3.63, 3.8) is 0 Å². The lowest BCUT2D eigenvalue weighted by molar-refractivity contribution is 0.474. The minimum Gasteiger partial charge on any atom is -0.0676 e. The number of hydrogen-bond acceptors (Lipinski definition) is 0. The Morgan fingerprint density at radius 1 is 1.33 bits per heavy atom. The molecule has 0 N–H and O–H groups in total. The van der Waals surface area contributed by atoms with Crippen LogP contribution < -0.4 is 0 Å². The van der Waals surface area contributed by atoms with Crippen LogP contribution >= 0.6 is 0 Å². The summed E-state index contributed by atoms with van der Waals surface area (Å²) < 4.78 is 0. The SMILES string of the molecule is CCC1=C2C(CCC1C)C2(C)C. The highest BCUT2D eigenvalue weighted by Gasteiger charge is 2.54. The zero-order valence-corrected chi connectivity index (χ0v) is 8.78. The van der Waals surface area contributed by atoms with Crippen molar-refractivity contribution < 1.29 is 0 Å². The van der Waals surface area contributed by atoms with Crippen molar-refractivity contribution >= 4 is 0 Å². The second-order valence-corrected chi connectivity index (χ2v) is 5.05. The maximum absolute atomic E-state index is 2.42. The number of hydrogen-bond donors (Lipinski definition) is 0. The molecular formula is C12H20. The molecule has 2 unspecified atom stereocenters. The van der Waals surface area contributed by atoms with Crippen molar-refractivity contribution in [2.45, 2.75) is 47.0 Å². The topological polar surface area (TPSA) is 0 Å². The monoisotopic (exact) mass is 164 g/mol. The van der Waals surface area contributed by atoms with E-state index in [0.717, 1.165) is 11.8 Å². The first-order valence-electron chi connectivity index (χ1n) is 5.32. The summed E-state index contributed by atoms with van der Waals surface area (Å²) in [7, 11) is 0. The van der Waals surface area contributed by atoms with Gasteiger partial charge in [0.15, 0.2) is 0 Å². The molecule has 0 spiro atoms. The predicted molar refractivity (Wildman–Crippen MR) is 53.0 cm³/mol. The summed E-state index contributed by atoms with van der Waals surface area (Å²) in [5.41, 5.74) is 4.19. The molecule has 1 fully saturated rings. The van der Waals surface area contributed by atoms with Gasteiger partial charge in [0, 0.05) is 0 Å². The number of fused-ring (bicyclic) bond motifs is 1. The average Bonchev–Trinajstić information content (AvgIpc) is 2.55. The van der Waals surface area contributed by atoms with E-state index in [0.29, 0.717) is 5.41 Å². The third-order valence-corrected chi connectivity index (χ3v) is 4.04. The molecule has 0 heterocycles. The van der Waals surface area contributed by atoms with Crippen molar-refractivity contribution in [3.05, 3.63) is 11.1 Å². The largest absolute Gasteiger partial charge is 0.0676 e. The van der Waals surface area contributed by atoms with Crippen molar-refractivity contribution in [2.24, 2.45) is 17.3 Å². The fourth-order valence-electron chi connectivity index (χ4n) is 3.18. The fourth-order valence-corrected chi connectivity index (χ4v) is 3.18. The van der Waals surface area contributed by atoms with Gasteiger partial charge in [-0.05, 0) is 36.5 Å². The summed E-state index contributed by atoms with van der Waals surface area (Å²) in [6.07, 6.45) is 4.17. The second-order valence-electron chi connectivity index (χ2n) is 5.05. The molecule has 0 aromatic carbocycles. The minimum absolute atomic E-state index is 0.579. The van der Waals surface area contributed by atoms with E-state index in [4.69, 9.17) is 0 Å². The maximum Gasteiger partial charge on any atom is -0.00731 e. The molecular weight excluding hydrogens is 144 g/mol. The Balaban J connectivity index is 2.34. The predicted octanol–water partition coefficient (Wildman–Crippen LogP) is 3.78. The van der Waals surface area contributed by atoms with Crippen LogP contribution in [-0.2, 0) is 0 Å². The molecule has 0 heteroatoms. The molecule has 2 aliphatic carbocycles. The van der Waals surface area contributed by atoms with E-state index in [9.17, 15) is 0 Å². The van der Waals surface area contributed by atoms with Crippen molar-refractivity contribution in [3.8, 4) is 0 Å². The molecule has 0 nitrogen and oxygen atoms in total. The van der Waals surface area contributed by atoms with E-state index in [1.807, 2.05) is 5.57 Å². The fraction of sp³-hybridized carbons (Fsp3) is 0.833. The first-order valence-corrected chi connectivity index (χ1v) is 5.32. The summed E-state index contributed by atoms with van der Waals surface area (Å²) >= 11 is 0. The molecule has 12 heavy (non-hydrogen) atoms. The van der Waals surface area contributed by atoms with Gasteiger partial charge in [-0.15, -0.1) is 0 Å². The average molecular weight is 164 g/mol. The molecule has 0 bridgehead atoms. The smallest absolute Gasteiger partial charge is 0.00731 e. The van der Waals surface area contributed by atoms with Gasteiger partial charge in [0.1, 0.15) is 0 Å². The van der Waals surface area contributed by atoms with Crippen LogP contribution in [-0.4, -0.2) is 0 Å². The van der Waals surface area contributed by atoms with Gasteiger partial charge in [-0.2, -0.15) is 0 Å². The number of rotatable bonds is 1. The summed E-state index contributed by atoms with van der Waals surface area (Å²) in [6.45, 7) is 9.55. The van der Waals surface area contributed by atoms with E-state index in [2.05, 4.69) is 27.7 Å². The lowest BCUT2D eigenvalue weighted by Gasteiger charge is -2.18. The highest BCUT2D eigenvalue weighted by atomic mass is 14.6. The van der Waals surface area contributed by atoms with E-state index in [-0.39, 0.29) is 0 Å². The van der Waals surface area contributed by atoms with Gasteiger partial charge in [0.05, 0.1) is 0 Å². The van der Waals surface area contributed by atoms with E-state index >= 15 is 0 Å². The Kier molecular flexibility index (Phi) is 1.65. The minimum atomic E-state index is 0.579. The maximum atomic E-state index is 2.42. The van der Waals surface area contributed by atoms with Gasteiger partial charge < -0.3 is 0 Å². The van der Waals surface area contributed by atoms with Gasteiger partial charge in [0.25, 0.3) is 0 Å². The van der Waals surface area contributed by atoms with Gasteiger partial charge in [0.2, 0.25) is 0 Å². The van der Waals surface area contributed by atoms with Crippen LogP contribution in [0.2, 0.25) is 0 Å². The zero-order chi connectivity index (χ0) is 8.93. The van der Waals surface area contributed by atoms with Gasteiger partial charge in [-0.1, -0.05) is 38.8 Å². The van der Waals surface area contributed by atoms with Crippen molar-refractivity contribution in [1.82, 2.24) is 0 Å². The zero-order valence-electron chi connectivity index (χ0n) is 8.78. The molecule has 2 aliphatic rings. The van der Waals surface area contributed by atoms with E-state index in [1.54, 1.807) is 5.57 Å². The summed E-state index contributed by atoms with van der Waals surface area (Å²) in [6, 6.07) is 0. The molecule has 1 saturated carbocycles.